The van der Waals surface area contributed by atoms with Gasteiger partial charge in [-0.2, -0.15) is 0 Å². The van der Waals surface area contributed by atoms with Crippen LogP contribution in [0.5, 0.6) is 0 Å². The highest BCUT2D eigenvalue weighted by Gasteiger charge is 2.14. The van der Waals surface area contributed by atoms with Crippen molar-refractivity contribution in [2.75, 3.05) is 18.0 Å². The van der Waals surface area contributed by atoms with Crippen LogP contribution in [-0.2, 0) is 16.0 Å². The minimum atomic E-state index is -0.147. The average molecular weight is 310 g/mol. The van der Waals surface area contributed by atoms with Gasteiger partial charge in [0.1, 0.15) is 0 Å². The molecule has 4 nitrogen and oxygen atoms in total. The summed E-state index contributed by atoms with van der Waals surface area (Å²) in [6.07, 6.45) is 0.283. The summed E-state index contributed by atoms with van der Waals surface area (Å²) >= 11 is 0. The van der Waals surface area contributed by atoms with Crippen molar-refractivity contribution in [3.63, 3.8) is 0 Å². The maximum atomic E-state index is 12.3. The van der Waals surface area contributed by atoms with E-state index in [0.717, 1.165) is 16.8 Å². The van der Waals surface area contributed by atoms with Gasteiger partial charge in [-0.1, -0.05) is 48.0 Å². The first-order chi connectivity index (χ1) is 11.1. The third-order valence-electron chi connectivity index (χ3n) is 3.61. The second-order valence-electron chi connectivity index (χ2n) is 5.41. The molecule has 0 aromatic heterocycles. The van der Waals surface area contributed by atoms with Crippen LogP contribution < -0.4 is 10.2 Å². The third kappa shape index (κ3) is 4.95. The van der Waals surface area contributed by atoms with E-state index in [2.05, 4.69) is 5.32 Å². The van der Waals surface area contributed by atoms with Gasteiger partial charge >= 0.3 is 0 Å². The number of amides is 2. The van der Waals surface area contributed by atoms with E-state index in [0.29, 0.717) is 6.54 Å². The van der Waals surface area contributed by atoms with Gasteiger partial charge in [0.15, 0.2) is 0 Å². The summed E-state index contributed by atoms with van der Waals surface area (Å²) in [5.41, 5.74) is 2.94. The van der Waals surface area contributed by atoms with Crippen LogP contribution in [0.1, 0.15) is 18.1 Å². The van der Waals surface area contributed by atoms with Crippen LogP contribution >= 0.6 is 0 Å². The molecule has 0 saturated heterocycles. The van der Waals surface area contributed by atoms with Crippen LogP contribution in [0, 0.1) is 6.92 Å². The summed E-state index contributed by atoms with van der Waals surface area (Å²) in [6.45, 7) is 4.49. The first-order valence-corrected chi connectivity index (χ1v) is 7.78. The molecule has 0 unspecified atom stereocenters. The molecule has 1 N–H and O–H groups in total. The van der Waals surface area contributed by atoms with Crippen LogP contribution in [0.4, 0.5) is 5.69 Å². The summed E-state index contributed by atoms with van der Waals surface area (Å²) in [5, 5.41) is 2.70. The summed E-state index contributed by atoms with van der Waals surface area (Å²) in [6, 6.07) is 17.3. The summed E-state index contributed by atoms with van der Waals surface area (Å²) in [5.74, 6) is -0.262. The minimum absolute atomic E-state index is 0.00737. The Hall–Kier alpha value is -2.62. The van der Waals surface area contributed by atoms with Crippen LogP contribution in [0.15, 0.2) is 54.6 Å². The number of anilines is 1. The molecule has 0 aliphatic rings. The number of benzene rings is 2. The van der Waals surface area contributed by atoms with E-state index in [1.54, 1.807) is 4.90 Å². The van der Waals surface area contributed by atoms with Gasteiger partial charge in [-0.15, -0.1) is 0 Å². The zero-order valence-electron chi connectivity index (χ0n) is 13.6. The van der Waals surface area contributed by atoms with Crippen molar-refractivity contribution in [3.05, 3.63) is 65.7 Å². The molecule has 0 spiro atoms. The van der Waals surface area contributed by atoms with E-state index in [-0.39, 0.29) is 24.8 Å². The normalized spacial score (nSPS) is 10.2. The van der Waals surface area contributed by atoms with Crippen LogP contribution in [0.3, 0.4) is 0 Å². The second kappa shape index (κ2) is 8.13. The molecule has 0 heterocycles. The smallest absolute Gasteiger partial charge is 0.246 e. The number of carbonyl (C=O) groups is 2. The highest BCUT2D eigenvalue weighted by Crippen LogP contribution is 2.12. The number of carbonyl (C=O) groups excluding carboxylic acids is 2. The van der Waals surface area contributed by atoms with Gasteiger partial charge in [-0.25, -0.2) is 0 Å². The SMILES string of the molecule is CCN(C(=O)CNC(=O)Cc1ccc(C)cc1)c1ccccc1. The van der Waals surface area contributed by atoms with Gasteiger partial charge < -0.3 is 10.2 Å². The van der Waals surface area contributed by atoms with E-state index in [1.807, 2.05) is 68.4 Å². The van der Waals surface area contributed by atoms with Gasteiger partial charge in [0, 0.05) is 12.2 Å². The van der Waals surface area contributed by atoms with Crippen molar-refractivity contribution in [1.29, 1.82) is 0 Å². The van der Waals surface area contributed by atoms with Gasteiger partial charge in [-0.3, -0.25) is 9.59 Å². The minimum Gasteiger partial charge on any atom is -0.347 e. The Morgan fingerprint density at radius 1 is 1.00 bits per heavy atom. The fourth-order valence-corrected chi connectivity index (χ4v) is 2.33. The topological polar surface area (TPSA) is 49.4 Å². The molecule has 23 heavy (non-hydrogen) atoms. The number of aryl methyl sites for hydroxylation is 1. The lowest BCUT2D eigenvalue weighted by molar-refractivity contribution is -0.124. The van der Waals surface area contributed by atoms with Crippen molar-refractivity contribution in [3.8, 4) is 0 Å². The lowest BCUT2D eigenvalue weighted by Gasteiger charge is -2.21. The summed E-state index contributed by atoms with van der Waals surface area (Å²) in [4.78, 5) is 25.9. The van der Waals surface area contributed by atoms with Crippen molar-refractivity contribution < 1.29 is 9.59 Å². The molecule has 0 saturated carbocycles. The standard InChI is InChI=1S/C19H22N2O2/c1-3-21(17-7-5-4-6-8-17)19(23)14-20-18(22)13-16-11-9-15(2)10-12-16/h4-12H,3,13-14H2,1-2H3,(H,20,22). The molecule has 0 fully saturated rings. The molecule has 2 aromatic rings. The average Bonchev–Trinajstić information content (AvgIpc) is 2.57. The second-order valence-corrected chi connectivity index (χ2v) is 5.41. The maximum absolute atomic E-state index is 12.3. The molecule has 0 aliphatic heterocycles. The molecule has 0 atom stereocenters. The lowest BCUT2D eigenvalue weighted by Crippen LogP contribution is -2.40. The first kappa shape index (κ1) is 16.7. The lowest BCUT2D eigenvalue weighted by atomic mass is 10.1. The molecule has 0 aliphatic carbocycles. The molecule has 0 bridgehead atoms. The molecule has 120 valence electrons. The number of likely N-dealkylation sites (N-methyl/N-ethyl adjacent to an activating group) is 1. The largest absolute Gasteiger partial charge is 0.347 e. The molecule has 4 heteroatoms. The van der Waals surface area contributed by atoms with Crippen molar-refractivity contribution in [1.82, 2.24) is 5.32 Å². The molecule has 2 aromatic carbocycles. The van der Waals surface area contributed by atoms with Crippen molar-refractivity contribution >= 4 is 17.5 Å². The van der Waals surface area contributed by atoms with E-state index in [9.17, 15) is 9.59 Å². The van der Waals surface area contributed by atoms with E-state index in [4.69, 9.17) is 0 Å². The molecular weight excluding hydrogens is 288 g/mol. The fraction of sp³-hybridized carbons (Fsp3) is 0.263. The van der Waals surface area contributed by atoms with E-state index < -0.39 is 0 Å². The summed E-state index contributed by atoms with van der Waals surface area (Å²) in [7, 11) is 0. The number of hydrogen-bond donors (Lipinski definition) is 1. The quantitative estimate of drug-likeness (QED) is 0.892. The highest BCUT2D eigenvalue weighted by molar-refractivity contribution is 5.96. The number of rotatable bonds is 6. The maximum Gasteiger partial charge on any atom is 0.246 e. The fourth-order valence-electron chi connectivity index (χ4n) is 2.33. The molecular formula is C19H22N2O2. The molecule has 0 radical (unpaired) electrons. The third-order valence-corrected chi connectivity index (χ3v) is 3.61. The van der Waals surface area contributed by atoms with Crippen LogP contribution in [0.25, 0.3) is 0 Å². The van der Waals surface area contributed by atoms with Gasteiger partial charge in [0.05, 0.1) is 13.0 Å². The number of nitrogens with one attached hydrogen (secondary N) is 1. The predicted molar refractivity (Wildman–Crippen MR) is 92.4 cm³/mol. The molecule has 2 amide bonds. The molecule has 2 rings (SSSR count). The Balaban J connectivity index is 1.87. The highest BCUT2D eigenvalue weighted by atomic mass is 16.2. The monoisotopic (exact) mass is 310 g/mol. The number of para-hydroxylation sites is 1. The Bertz CT molecular complexity index is 651. The van der Waals surface area contributed by atoms with Gasteiger partial charge in [-0.05, 0) is 31.5 Å². The Morgan fingerprint density at radius 3 is 2.26 bits per heavy atom. The Kier molecular flexibility index (Phi) is 5.92. The van der Waals surface area contributed by atoms with Crippen molar-refractivity contribution in [2.45, 2.75) is 20.3 Å². The zero-order valence-corrected chi connectivity index (χ0v) is 13.6. The zero-order chi connectivity index (χ0) is 16.7. The summed E-state index contributed by atoms with van der Waals surface area (Å²) < 4.78 is 0. The van der Waals surface area contributed by atoms with Crippen LogP contribution in [-0.4, -0.2) is 24.9 Å². The number of nitrogens with zero attached hydrogens (tertiary/aromatic N) is 1. The Morgan fingerprint density at radius 2 is 1.65 bits per heavy atom. The van der Waals surface area contributed by atoms with Crippen molar-refractivity contribution in [2.24, 2.45) is 0 Å². The Labute approximate surface area is 137 Å². The van der Waals surface area contributed by atoms with Gasteiger partial charge in [0.2, 0.25) is 11.8 Å². The van der Waals surface area contributed by atoms with E-state index in [1.165, 1.54) is 0 Å². The number of hydrogen-bond acceptors (Lipinski definition) is 2. The van der Waals surface area contributed by atoms with Crippen LogP contribution in [0.2, 0.25) is 0 Å². The van der Waals surface area contributed by atoms with E-state index >= 15 is 0 Å². The first-order valence-electron chi connectivity index (χ1n) is 7.78. The predicted octanol–water partition coefficient (Wildman–Crippen LogP) is 2.71. The van der Waals surface area contributed by atoms with Gasteiger partial charge in [0.25, 0.3) is 0 Å².